The molecule has 0 fully saturated rings. The van der Waals surface area contributed by atoms with Crippen molar-refractivity contribution in [1.82, 2.24) is 0 Å². The molecule has 1 heterocycles. The lowest BCUT2D eigenvalue weighted by atomic mass is 10.1. The highest BCUT2D eigenvalue weighted by Crippen LogP contribution is 2.34. The van der Waals surface area contributed by atoms with Crippen LogP contribution in [-0.4, -0.2) is 38.2 Å². The van der Waals surface area contributed by atoms with E-state index < -0.39 is 24.5 Å². The molecular weight excluding hydrogens is 394 g/mol. The van der Waals surface area contributed by atoms with E-state index in [4.69, 9.17) is 14.2 Å². The van der Waals surface area contributed by atoms with Crippen LogP contribution in [0, 0.1) is 6.92 Å². The Bertz CT molecular complexity index is 872. The number of carbonyl (C=O) groups is 3. The molecular formula is C21H25NO6S. The molecule has 1 aromatic heterocycles. The Morgan fingerprint density at radius 2 is 1.76 bits per heavy atom. The van der Waals surface area contributed by atoms with Gasteiger partial charge in [0, 0.05) is 4.88 Å². The van der Waals surface area contributed by atoms with Crippen molar-refractivity contribution in [2.24, 2.45) is 0 Å². The molecule has 1 N–H and O–H groups in total. The minimum atomic E-state index is -0.521. The van der Waals surface area contributed by atoms with Crippen molar-refractivity contribution in [1.29, 1.82) is 0 Å². The van der Waals surface area contributed by atoms with Crippen LogP contribution in [0.5, 0.6) is 5.75 Å². The molecule has 0 unspecified atom stereocenters. The average molecular weight is 419 g/mol. The number of nitrogens with one attached hydrogen (secondary N) is 1. The Hall–Kier alpha value is -2.87. The van der Waals surface area contributed by atoms with Crippen molar-refractivity contribution in [2.75, 3.05) is 25.6 Å². The number of esters is 2. The van der Waals surface area contributed by atoms with Gasteiger partial charge in [-0.25, -0.2) is 4.79 Å². The van der Waals surface area contributed by atoms with E-state index in [0.29, 0.717) is 16.3 Å². The highest BCUT2D eigenvalue weighted by Gasteiger charge is 2.23. The summed E-state index contributed by atoms with van der Waals surface area (Å²) in [5, 5.41) is 3.08. The van der Waals surface area contributed by atoms with Gasteiger partial charge in [-0.2, -0.15) is 0 Å². The number of ether oxygens (including phenoxy) is 3. The molecule has 8 heteroatoms. The molecule has 0 atom stereocenters. The SMILES string of the molecule is CCOC(=O)c1c(NC(=O)COC(=O)Cc2ccc(OC)cc2)sc(CC)c1C. The zero-order chi connectivity index (χ0) is 21.4. The molecule has 0 aliphatic rings. The van der Waals surface area contributed by atoms with E-state index in [1.54, 1.807) is 38.3 Å². The second kappa shape index (κ2) is 10.6. The van der Waals surface area contributed by atoms with E-state index in [9.17, 15) is 14.4 Å². The van der Waals surface area contributed by atoms with E-state index in [1.807, 2.05) is 13.8 Å². The molecule has 0 aliphatic carbocycles. The predicted octanol–water partition coefficient (Wildman–Crippen LogP) is 3.53. The van der Waals surface area contributed by atoms with Gasteiger partial charge in [0.1, 0.15) is 10.8 Å². The zero-order valence-corrected chi connectivity index (χ0v) is 17.8. The molecule has 0 radical (unpaired) electrons. The van der Waals surface area contributed by atoms with Gasteiger partial charge < -0.3 is 19.5 Å². The number of hydrogen-bond acceptors (Lipinski definition) is 7. The minimum absolute atomic E-state index is 0.0451. The van der Waals surface area contributed by atoms with E-state index in [0.717, 1.165) is 22.4 Å². The second-order valence-electron chi connectivity index (χ2n) is 6.16. The molecule has 0 saturated carbocycles. The highest BCUT2D eigenvalue weighted by molar-refractivity contribution is 7.17. The summed E-state index contributed by atoms with van der Waals surface area (Å²) in [4.78, 5) is 37.5. The Morgan fingerprint density at radius 3 is 2.34 bits per heavy atom. The quantitative estimate of drug-likeness (QED) is 0.626. The van der Waals surface area contributed by atoms with Gasteiger partial charge in [-0.1, -0.05) is 19.1 Å². The molecule has 0 spiro atoms. The van der Waals surface area contributed by atoms with Gasteiger partial charge in [0.25, 0.3) is 5.91 Å². The maximum Gasteiger partial charge on any atom is 0.341 e. The molecule has 29 heavy (non-hydrogen) atoms. The smallest absolute Gasteiger partial charge is 0.341 e. The van der Waals surface area contributed by atoms with Crippen LogP contribution in [0.25, 0.3) is 0 Å². The Kier molecular flexibility index (Phi) is 8.21. The largest absolute Gasteiger partial charge is 0.497 e. The number of benzene rings is 1. The molecule has 0 aliphatic heterocycles. The Labute approximate surface area is 174 Å². The third-order valence-corrected chi connectivity index (χ3v) is 5.52. The van der Waals surface area contributed by atoms with E-state index in [1.165, 1.54) is 11.3 Å². The monoisotopic (exact) mass is 419 g/mol. The molecule has 2 rings (SSSR count). The van der Waals surface area contributed by atoms with Crippen LogP contribution in [0.3, 0.4) is 0 Å². The lowest BCUT2D eigenvalue weighted by molar-refractivity contribution is -0.146. The highest BCUT2D eigenvalue weighted by atomic mass is 32.1. The van der Waals surface area contributed by atoms with Crippen LogP contribution in [0.4, 0.5) is 5.00 Å². The molecule has 0 bridgehead atoms. The fraction of sp³-hybridized carbons (Fsp3) is 0.381. The number of carbonyl (C=O) groups excluding carboxylic acids is 3. The van der Waals surface area contributed by atoms with Crippen LogP contribution < -0.4 is 10.1 Å². The third-order valence-electron chi connectivity index (χ3n) is 4.17. The van der Waals surface area contributed by atoms with Crippen LogP contribution in [0.2, 0.25) is 0 Å². The van der Waals surface area contributed by atoms with Crippen molar-refractivity contribution in [2.45, 2.75) is 33.6 Å². The predicted molar refractivity (Wildman–Crippen MR) is 111 cm³/mol. The van der Waals surface area contributed by atoms with Crippen LogP contribution >= 0.6 is 11.3 Å². The molecule has 1 aromatic carbocycles. The van der Waals surface area contributed by atoms with Crippen molar-refractivity contribution < 1.29 is 28.6 Å². The minimum Gasteiger partial charge on any atom is -0.497 e. The molecule has 0 saturated heterocycles. The summed E-state index contributed by atoms with van der Waals surface area (Å²) >= 11 is 1.32. The first-order chi connectivity index (χ1) is 13.9. The Morgan fingerprint density at radius 1 is 1.07 bits per heavy atom. The fourth-order valence-electron chi connectivity index (χ4n) is 2.70. The van der Waals surface area contributed by atoms with Gasteiger partial charge in [-0.3, -0.25) is 9.59 Å². The number of thiophene rings is 1. The normalized spacial score (nSPS) is 10.3. The zero-order valence-electron chi connectivity index (χ0n) is 17.0. The number of rotatable bonds is 9. The maximum absolute atomic E-state index is 12.3. The van der Waals surface area contributed by atoms with Crippen molar-refractivity contribution >= 4 is 34.2 Å². The molecule has 2 aromatic rings. The summed E-state index contributed by atoms with van der Waals surface area (Å²) in [5.74, 6) is -0.820. The van der Waals surface area contributed by atoms with Gasteiger partial charge >= 0.3 is 11.9 Å². The first-order valence-corrected chi connectivity index (χ1v) is 10.1. The first-order valence-electron chi connectivity index (χ1n) is 9.27. The van der Waals surface area contributed by atoms with Crippen LogP contribution in [-0.2, 0) is 31.9 Å². The topological polar surface area (TPSA) is 90.9 Å². The third kappa shape index (κ3) is 6.05. The number of hydrogen-bond donors (Lipinski definition) is 1. The summed E-state index contributed by atoms with van der Waals surface area (Å²) in [6.07, 6.45) is 0.777. The van der Waals surface area contributed by atoms with Crippen LogP contribution in [0.1, 0.15) is 40.2 Å². The lowest BCUT2D eigenvalue weighted by Gasteiger charge is -2.08. The summed E-state index contributed by atoms with van der Waals surface area (Å²) in [5.41, 5.74) is 1.90. The Balaban J connectivity index is 1.96. The number of methoxy groups -OCH3 is 1. The average Bonchev–Trinajstić information content (AvgIpc) is 3.02. The summed E-state index contributed by atoms with van der Waals surface area (Å²) < 4.78 is 15.2. The van der Waals surface area contributed by atoms with Crippen molar-refractivity contribution in [3.05, 3.63) is 45.8 Å². The van der Waals surface area contributed by atoms with E-state index in [-0.39, 0.29) is 13.0 Å². The first kappa shape index (κ1) is 22.4. The summed E-state index contributed by atoms with van der Waals surface area (Å²) in [7, 11) is 1.56. The van der Waals surface area contributed by atoms with Gasteiger partial charge in [-0.15, -0.1) is 11.3 Å². The van der Waals surface area contributed by atoms with Gasteiger partial charge in [0.2, 0.25) is 0 Å². The van der Waals surface area contributed by atoms with Crippen molar-refractivity contribution in [3.63, 3.8) is 0 Å². The van der Waals surface area contributed by atoms with E-state index in [2.05, 4.69) is 5.32 Å². The maximum atomic E-state index is 12.3. The second-order valence-corrected chi connectivity index (χ2v) is 7.27. The lowest BCUT2D eigenvalue weighted by Crippen LogP contribution is -2.22. The van der Waals surface area contributed by atoms with Crippen LogP contribution in [0.15, 0.2) is 24.3 Å². The van der Waals surface area contributed by atoms with Gasteiger partial charge in [0.15, 0.2) is 6.61 Å². The summed E-state index contributed by atoms with van der Waals surface area (Å²) in [6, 6.07) is 7.01. The van der Waals surface area contributed by atoms with E-state index >= 15 is 0 Å². The number of amides is 1. The number of aryl methyl sites for hydroxylation is 1. The standard InChI is InChI=1S/C21H25NO6S/c1-5-16-13(3)19(21(25)27-6-2)20(29-16)22-17(23)12-28-18(24)11-14-7-9-15(26-4)10-8-14/h7-10H,5-6,11-12H2,1-4H3,(H,22,23). The summed E-state index contributed by atoms with van der Waals surface area (Å²) in [6.45, 7) is 5.33. The van der Waals surface area contributed by atoms with Crippen molar-refractivity contribution in [3.8, 4) is 5.75 Å². The van der Waals surface area contributed by atoms with Gasteiger partial charge in [0.05, 0.1) is 25.7 Å². The molecule has 156 valence electrons. The van der Waals surface area contributed by atoms with Gasteiger partial charge in [-0.05, 0) is 43.5 Å². The fourth-order valence-corrected chi connectivity index (χ4v) is 3.85. The number of anilines is 1. The molecule has 1 amide bonds. The molecule has 7 nitrogen and oxygen atoms in total.